The fourth-order valence-corrected chi connectivity index (χ4v) is 2.36. The van der Waals surface area contributed by atoms with E-state index in [0.717, 1.165) is 10.5 Å². The van der Waals surface area contributed by atoms with Crippen LogP contribution in [-0.4, -0.2) is 15.8 Å². The lowest BCUT2D eigenvalue weighted by molar-refractivity contribution is 0.205. The Hall–Kier alpha value is -1.52. The average molecular weight is 246 g/mol. The van der Waals surface area contributed by atoms with E-state index in [4.69, 9.17) is 5.73 Å². The van der Waals surface area contributed by atoms with Crippen molar-refractivity contribution in [3.05, 3.63) is 54.4 Å². The van der Waals surface area contributed by atoms with Gasteiger partial charge in [0.05, 0.1) is 6.10 Å². The molecule has 1 aromatic heterocycles. The number of benzene rings is 1. The minimum absolute atomic E-state index is 0.547. The van der Waals surface area contributed by atoms with Crippen LogP contribution in [0.4, 0.5) is 5.69 Å². The number of hydrogen-bond acceptors (Lipinski definition) is 4. The van der Waals surface area contributed by atoms with Crippen LogP contribution >= 0.6 is 11.8 Å². The number of aromatic nitrogens is 1. The van der Waals surface area contributed by atoms with E-state index in [-0.39, 0.29) is 0 Å². The van der Waals surface area contributed by atoms with Crippen molar-refractivity contribution in [3.63, 3.8) is 0 Å². The number of pyridine rings is 1. The van der Waals surface area contributed by atoms with Crippen molar-refractivity contribution in [3.8, 4) is 0 Å². The number of hydrogen-bond donors (Lipinski definition) is 2. The summed E-state index contributed by atoms with van der Waals surface area (Å²) in [5, 5.41) is 10.0. The summed E-state index contributed by atoms with van der Waals surface area (Å²) in [5.41, 5.74) is 7.23. The smallest absolute Gasteiger partial charge is 0.0903 e. The summed E-state index contributed by atoms with van der Waals surface area (Å²) < 4.78 is 0. The van der Waals surface area contributed by atoms with Gasteiger partial charge in [-0.05, 0) is 18.2 Å². The maximum absolute atomic E-state index is 10.0. The van der Waals surface area contributed by atoms with Crippen molar-refractivity contribution in [2.45, 2.75) is 11.0 Å². The van der Waals surface area contributed by atoms with E-state index in [1.54, 1.807) is 30.2 Å². The van der Waals surface area contributed by atoms with Crippen LogP contribution in [0.25, 0.3) is 0 Å². The summed E-state index contributed by atoms with van der Waals surface area (Å²) in [6.07, 6.45) is 2.94. The molecule has 3 N–H and O–H groups in total. The van der Waals surface area contributed by atoms with Crippen LogP contribution in [0.1, 0.15) is 11.7 Å². The first-order valence-electron chi connectivity index (χ1n) is 5.32. The zero-order valence-electron chi connectivity index (χ0n) is 9.28. The maximum atomic E-state index is 10.0. The summed E-state index contributed by atoms with van der Waals surface area (Å²) in [6.45, 7) is 0. The average Bonchev–Trinajstić information content (AvgIpc) is 2.38. The summed E-state index contributed by atoms with van der Waals surface area (Å²) in [6, 6.07) is 11.2. The molecule has 0 aliphatic carbocycles. The molecule has 0 saturated carbocycles. The van der Waals surface area contributed by atoms with E-state index in [1.165, 1.54) is 0 Å². The predicted octanol–water partition coefficient (Wildman–Crippen LogP) is 2.49. The van der Waals surface area contributed by atoms with E-state index >= 15 is 0 Å². The highest BCUT2D eigenvalue weighted by atomic mass is 32.2. The summed E-state index contributed by atoms with van der Waals surface area (Å²) in [7, 11) is 0. The summed E-state index contributed by atoms with van der Waals surface area (Å²) in [5.74, 6) is 0.582. The fraction of sp³-hybridized carbons (Fsp3) is 0.154. The third-order valence-corrected chi connectivity index (χ3v) is 3.50. The van der Waals surface area contributed by atoms with Crippen LogP contribution in [0.2, 0.25) is 0 Å². The molecule has 0 saturated heterocycles. The van der Waals surface area contributed by atoms with Crippen molar-refractivity contribution in [2.75, 3.05) is 11.5 Å². The number of para-hydroxylation sites is 1. The predicted molar refractivity (Wildman–Crippen MR) is 70.8 cm³/mol. The Morgan fingerprint density at radius 3 is 2.59 bits per heavy atom. The van der Waals surface area contributed by atoms with Crippen LogP contribution in [0.15, 0.2) is 53.7 Å². The molecule has 88 valence electrons. The van der Waals surface area contributed by atoms with Gasteiger partial charge in [0.2, 0.25) is 0 Å². The molecule has 1 atom stereocenters. The molecule has 2 rings (SSSR count). The molecular formula is C13H14N2OS. The van der Waals surface area contributed by atoms with E-state index in [2.05, 4.69) is 4.98 Å². The van der Waals surface area contributed by atoms with Crippen LogP contribution < -0.4 is 5.73 Å². The quantitative estimate of drug-likeness (QED) is 0.643. The molecule has 1 unspecified atom stereocenters. The number of thioether (sulfide) groups is 1. The molecule has 1 heterocycles. The van der Waals surface area contributed by atoms with E-state index < -0.39 is 6.10 Å². The highest BCUT2D eigenvalue weighted by Crippen LogP contribution is 2.26. The molecule has 17 heavy (non-hydrogen) atoms. The molecule has 0 fully saturated rings. The molecular weight excluding hydrogens is 232 g/mol. The third-order valence-electron chi connectivity index (χ3n) is 2.41. The van der Waals surface area contributed by atoms with Gasteiger partial charge < -0.3 is 10.8 Å². The van der Waals surface area contributed by atoms with Gasteiger partial charge in [-0.1, -0.05) is 18.2 Å². The second kappa shape index (κ2) is 5.70. The van der Waals surface area contributed by atoms with Gasteiger partial charge in [-0.2, -0.15) is 0 Å². The molecule has 1 aromatic carbocycles. The molecule has 0 radical (unpaired) electrons. The van der Waals surface area contributed by atoms with E-state index in [0.29, 0.717) is 11.4 Å². The number of anilines is 1. The van der Waals surface area contributed by atoms with Crippen molar-refractivity contribution >= 4 is 17.4 Å². The Labute approximate surface area is 105 Å². The van der Waals surface area contributed by atoms with E-state index in [9.17, 15) is 5.11 Å². The molecule has 0 amide bonds. The summed E-state index contributed by atoms with van der Waals surface area (Å²) >= 11 is 1.59. The lowest BCUT2D eigenvalue weighted by Gasteiger charge is -2.12. The second-order valence-corrected chi connectivity index (χ2v) is 4.73. The molecule has 4 heteroatoms. The standard InChI is InChI=1S/C13H14N2OS/c14-12-4-2-1-3-11(12)13(16)9-17-10-5-7-15-8-6-10/h1-8,13,16H,9,14H2. The highest BCUT2D eigenvalue weighted by Gasteiger charge is 2.10. The number of nitrogens with zero attached hydrogens (tertiary/aromatic N) is 1. The minimum Gasteiger partial charge on any atom is -0.398 e. The highest BCUT2D eigenvalue weighted by molar-refractivity contribution is 7.99. The number of nitrogen functional groups attached to an aromatic ring is 1. The molecule has 3 nitrogen and oxygen atoms in total. The van der Waals surface area contributed by atoms with Gasteiger partial charge in [0.1, 0.15) is 0 Å². The topological polar surface area (TPSA) is 59.1 Å². The number of rotatable bonds is 4. The number of nitrogens with two attached hydrogens (primary N) is 1. The Bertz CT molecular complexity index is 476. The Balaban J connectivity index is 1.99. The van der Waals surface area contributed by atoms with Crippen molar-refractivity contribution in [1.29, 1.82) is 0 Å². The Morgan fingerprint density at radius 2 is 1.88 bits per heavy atom. The Kier molecular flexibility index (Phi) is 4.01. The lowest BCUT2D eigenvalue weighted by Crippen LogP contribution is -2.04. The maximum Gasteiger partial charge on any atom is 0.0903 e. The Morgan fingerprint density at radius 1 is 1.18 bits per heavy atom. The molecule has 0 aliphatic heterocycles. The summed E-state index contributed by atoms with van der Waals surface area (Å²) in [4.78, 5) is 5.04. The number of aliphatic hydroxyl groups excluding tert-OH is 1. The molecule has 0 spiro atoms. The van der Waals surface area contributed by atoms with Gasteiger partial charge in [-0.25, -0.2) is 0 Å². The number of aliphatic hydroxyl groups is 1. The van der Waals surface area contributed by atoms with Crippen LogP contribution in [-0.2, 0) is 0 Å². The zero-order valence-corrected chi connectivity index (χ0v) is 10.1. The first kappa shape index (κ1) is 12.0. The fourth-order valence-electron chi connectivity index (χ4n) is 1.51. The van der Waals surface area contributed by atoms with Crippen molar-refractivity contribution in [1.82, 2.24) is 4.98 Å². The molecule has 0 bridgehead atoms. The van der Waals surface area contributed by atoms with E-state index in [1.807, 2.05) is 30.3 Å². The first-order chi connectivity index (χ1) is 8.27. The van der Waals surface area contributed by atoms with Crippen LogP contribution in [0.5, 0.6) is 0 Å². The van der Waals surface area contributed by atoms with Gasteiger partial charge in [-0.3, -0.25) is 4.98 Å². The van der Waals surface area contributed by atoms with Crippen LogP contribution in [0.3, 0.4) is 0 Å². The molecule has 2 aromatic rings. The lowest BCUT2D eigenvalue weighted by atomic mass is 10.1. The van der Waals surface area contributed by atoms with Gasteiger partial charge >= 0.3 is 0 Å². The van der Waals surface area contributed by atoms with Crippen LogP contribution in [0, 0.1) is 0 Å². The first-order valence-corrected chi connectivity index (χ1v) is 6.31. The van der Waals surface area contributed by atoms with Crippen molar-refractivity contribution < 1.29 is 5.11 Å². The zero-order chi connectivity index (χ0) is 12.1. The third kappa shape index (κ3) is 3.22. The van der Waals surface area contributed by atoms with Gasteiger partial charge in [-0.15, -0.1) is 11.8 Å². The van der Waals surface area contributed by atoms with Crippen molar-refractivity contribution in [2.24, 2.45) is 0 Å². The largest absolute Gasteiger partial charge is 0.398 e. The van der Waals surface area contributed by atoms with Gasteiger partial charge in [0.15, 0.2) is 0 Å². The normalized spacial score (nSPS) is 12.3. The minimum atomic E-state index is -0.547. The monoisotopic (exact) mass is 246 g/mol. The SMILES string of the molecule is Nc1ccccc1C(O)CSc1ccncc1. The second-order valence-electron chi connectivity index (χ2n) is 3.64. The van der Waals surface area contributed by atoms with Gasteiger partial charge in [0.25, 0.3) is 0 Å². The van der Waals surface area contributed by atoms with Gasteiger partial charge in [0, 0.05) is 34.3 Å². The molecule has 0 aliphatic rings.